The summed E-state index contributed by atoms with van der Waals surface area (Å²) >= 11 is 0. The van der Waals surface area contributed by atoms with Gasteiger partial charge in [-0.2, -0.15) is 4.31 Å². The van der Waals surface area contributed by atoms with Gasteiger partial charge in [-0.1, -0.05) is 12.1 Å². The number of hydrogen-bond acceptors (Lipinski definition) is 4. The van der Waals surface area contributed by atoms with Gasteiger partial charge in [0.25, 0.3) is 0 Å². The van der Waals surface area contributed by atoms with Crippen LogP contribution >= 0.6 is 0 Å². The van der Waals surface area contributed by atoms with Crippen molar-refractivity contribution >= 4 is 15.9 Å². The quantitative estimate of drug-likeness (QED) is 0.725. The lowest BCUT2D eigenvalue weighted by molar-refractivity contribution is -0.126. The van der Waals surface area contributed by atoms with Crippen LogP contribution in [-0.2, 0) is 21.4 Å². The average molecular weight is 435 g/mol. The van der Waals surface area contributed by atoms with Crippen molar-refractivity contribution < 1.29 is 22.3 Å². The van der Waals surface area contributed by atoms with E-state index in [9.17, 15) is 17.6 Å². The molecular weight excluding hydrogens is 407 g/mol. The maximum Gasteiger partial charge on any atom is 0.243 e. The van der Waals surface area contributed by atoms with Crippen LogP contribution in [0.4, 0.5) is 4.39 Å². The van der Waals surface area contributed by atoms with Gasteiger partial charge < -0.3 is 10.1 Å². The molecule has 0 bridgehead atoms. The summed E-state index contributed by atoms with van der Waals surface area (Å²) in [6.07, 6.45) is 1.01. The number of carbonyl (C=O) groups is 1. The number of nitrogens with one attached hydrogen (secondary N) is 1. The summed E-state index contributed by atoms with van der Waals surface area (Å²) in [6, 6.07) is 12.4. The Balaban J connectivity index is 1.50. The van der Waals surface area contributed by atoms with E-state index < -0.39 is 15.8 Å². The largest absolute Gasteiger partial charge is 0.491 e. The molecule has 3 rings (SSSR count). The van der Waals surface area contributed by atoms with Crippen molar-refractivity contribution in [1.82, 2.24) is 9.62 Å². The van der Waals surface area contributed by atoms with E-state index in [0.29, 0.717) is 19.4 Å². The Morgan fingerprint density at radius 1 is 1.10 bits per heavy atom. The molecule has 0 atom stereocenters. The van der Waals surface area contributed by atoms with Crippen LogP contribution in [-0.4, -0.2) is 37.8 Å². The molecule has 1 fully saturated rings. The van der Waals surface area contributed by atoms with E-state index in [4.69, 9.17) is 4.74 Å². The van der Waals surface area contributed by atoms with Crippen molar-refractivity contribution in [3.63, 3.8) is 0 Å². The molecule has 8 heteroatoms. The Kier molecular flexibility index (Phi) is 7.10. The van der Waals surface area contributed by atoms with Crippen molar-refractivity contribution in [3.8, 4) is 5.75 Å². The fourth-order valence-electron chi connectivity index (χ4n) is 3.41. The van der Waals surface area contributed by atoms with Gasteiger partial charge in [0.05, 0.1) is 11.0 Å². The number of carbonyl (C=O) groups excluding carboxylic acids is 1. The van der Waals surface area contributed by atoms with E-state index in [-0.39, 0.29) is 35.9 Å². The number of piperidine rings is 1. The maximum atomic E-state index is 13.1. The van der Waals surface area contributed by atoms with Gasteiger partial charge in [0.15, 0.2) is 0 Å². The third kappa shape index (κ3) is 5.58. The van der Waals surface area contributed by atoms with Gasteiger partial charge in [-0.05, 0) is 68.7 Å². The first-order valence-corrected chi connectivity index (χ1v) is 11.5. The van der Waals surface area contributed by atoms with Gasteiger partial charge in [-0.25, -0.2) is 12.8 Å². The van der Waals surface area contributed by atoms with Crippen molar-refractivity contribution in [2.45, 2.75) is 44.2 Å². The lowest BCUT2D eigenvalue weighted by atomic mass is 9.97. The molecule has 2 aromatic carbocycles. The highest BCUT2D eigenvalue weighted by molar-refractivity contribution is 7.89. The number of benzene rings is 2. The molecule has 1 aliphatic heterocycles. The number of amides is 1. The maximum absolute atomic E-state index is 13.1. The second kappa shape index (κ2) is 9.57. The molecule has 2 aromatic rings. The zero-order valence-electron chi connectivity index (χ0n) is 17.2. The Morgan fingerprint density at radius 3 is 2.27 bits per heavy atom. The number of hydrogen-bond donors (Lipinski definition) is 1. The molecule has 30 heavy (non-hydrogen) atoms. The highest BCUT2D eigenvalue weighted by atomic mass is 32.2. The highest BCUT2D eigenvalue weighted by Gasteiger charge is 2.32. The van der Waals surface area contributed by atoms with Crippen LogP contribution in [0, 0.1) is 11.7 Å². The van der Waals surface area contributed by atoms with Crippen molar-refractivity contribution in [2.24, 2.45) is 5.92 Å². The zero-order chi connectivity index (χ0) is 21.7. The molecular formula is C22H27FN2O4S. The van der Waals surface area contributed by atoms with Crippen molar-refractivity contribution in [1.29, 1.82) is 0 Å². The Morgan fingerprint density at radius 2 is 1.70 bits per heavy atom. The second-order valence-electron chi connectivity index (χ2n) is 7.66. The molecule has 1 aliphatic rings. The fraction of sp³-hybridized carbons (Fsp3) is 0.409. The third-order valence-electron chi connectivity index (χ3n) is 5.04. The minimum atomic E-state index is -3.67. The predicted molar refractivity (Wildman–Crippen MR) is 112 cm³/mol. The lowest BCUT2D eigenvalue weighted by Crippen LogP contribution is -2.42. The minimum absolute atomic E-state index is 0.0664. The molecule has 162 valence electrons. The highest BCUT2D eigenvalue weighted by Crippen LogP contribution is 2.24. The summed E-state index contributed by atoms with van der Waals surface area (Å²) in [5.74, 6) is 0.00535. The van der Waals surface area contributed by atoms with Gasteiger partial charge in [-0.15, -0.1) is 0 Å². The molecule has 0 aromatic heterocycles. The van der Waals surface area contributed by atoms with E-state index in [1.807, 2.05) is 38.1 Å². The zero-order valence-corrected chi connectivity index (χ0v) is 18.0. The Hall–Kier alpha value is -2.45. The van der Waals surface area contributed by atoms with E-state index in [1.165, 1.54) is 16.4 Å². The SMILES string of the molecule is CC(C)Oc1ccc(CNC(=O)C2CCN(S(=O)(=O)c3ccc(F)cc3)CC2)cc1. The van der Waals surface area contributed by atoms with E-state index in [0.717, 1.165) is 23.4 Å². The minimum Gasteiger partial charge on any atom is -0.491 e. The first-order chi connectivity index (χ1) is 14.3. The molecule has 0 saturated carbocycles. The monoisotopic (exact) mass is 434 g/mol. The van der Waals surface area contributed by atoms with Crippen molar-refractivity contribution in [2.75, 3.05) is 13.1 Å². The van der Waals surface area contributed by atoms with Crippen LogP contribution in [0.15, 0.2) is 53.4 Å². The molecule has 6 nitrogen and oxygen atoms in total. The van der Waals surface area contributed by atoms with Gasteiger partial charge in [0.2, 0.25) is 15.9 Å². The summed E-state index contributed by atoms with van der Waals surface area (Å²) in [5, 5.41) is 2.93. The second-order valence-corrected chi connectivity index (χ2v) is 9.60. The van der Waals surface area contributed by atoms with E-state index >= 15 is 0 Å². The normalized spacial score (nSPS) is 15.9. The van der Waals surface area contributed by atoms with Crippen LogP contribution in [0.3, 0.4) is 0 Å². The first kappa shape index (κ1) is 22.2. The average Bonchev–Trinajstić information content (AvgIpc) is 2.73. The molecule has 1 N–H and O–H groups in total. The molecule has 0 unspecified atom stereocenters. The predicted octanol–water partition coefficient (Wildman–Crippen LogP) is 3.33. The molecule has 1 heterocycles. The van der Waals surface area contributed by atoms with Crippen LogP contribution in [0.2, 0.25) is 0 Å². The van der Waals surface area contributed by atoms with Crippen molar-refractivity contribution in [3.05, 3.63) is 59.9 Å². The standard InChI is InChI=1S/C22H27FN2O4S/c1-16(2)29-20-7-3-17(4-8-20)15-24-22(26)18-11-13-25(14-12-18)30(27,28)21-9-5-19(23)6-10-21/h3-10,16,18H,11-15H2,1-2H3,(H,24,26). The van der Waals surface area contributed by atoms with E-state index in [1.54, 1.807) is 0 Å². The third-order valence-corrected chi connectivity index (χ3v) is 6.95. The topological polar surface area (TPSA) is 75.7 Å². The Labute approximate surface area is 177 Å². The van der Waals surface area contributed by atoms with Gasteiger partial charge in [0, 0.05) is 25.6 Å². The number of sulfonamides is 1. The van der Waals surface area contributed by atoms with Crippen LogP contribution in [0.1, 0.15) is 32.3 Å². The lowest BCUT2D eigenvalue weighted by Gasteiger charge is -2.30. The van der Waals surface area contributed by atoms with E-state index in [2.05, 4.69) is 5.32 Å². The molecule has 0 radical (unpaired) electrons. The van der Waals surface area contributed by atoms with Gasteiger partial charge >= 0.3 is 0 Å². The summed E-state index contributed by atoms with van der Waals surface area (Å²) in [4.78, 5) is 12.6. The Bertz CT molecular complexity index is 952. The van der Waals surface area contributed by atoms with Crippen LogP contribution in [0.5, 0.6) is 5.75 Å². The van der Waals surface area contributed by atoms with Crippen LogP contribution < -0.4 is 10.1 Å². The number of rotatable bonds is 7. The number of halogens is 1. The van der Waals surface area contributed by atoms with Crippen LogP contribution in [0.25, 0.3) is 0 Å². The number of nitrogens with zero attached hydrogens (tertiary/aromatic N) is 1. The van der Waals surface area contributed by atoms with Gasteiger partial charge in [0.1, 0.15) is 11.6 Å². The number of ether oxygens (including phenoxy) is 1. The summed E-state index contributed by atoms with van der Waals surface area (Å²) < 4.78 is 45.4. The molecule has 0 aliphatic carbocycles. The smallest absolute Gasteiger partial charge is 0.243 e. The molecule has 1 amide bonds. The summed E-state index contributed by atoms with van der Waals surface area (Å²) in [7, 11) is -3.67. The summed E-state index contributed by atoms with van der Waals surface area (Å²) in [5.41, 5.74) is 0.968. The van der Waals surface area contributed by atoms with Gasteiger partial charge in [-0.3, -0.25) is 4.79 Å². The molecule has 0 spiro atoms. The molecule has 1 saturated heterocycles. The first-order valence-electron chi connectivity index (χ1n) is 10.0. The summed E-state index contributed by atoms with van der Waals surface area (Å²) in [6.45, 7) is 4.86. The fourth-order valence-corrected chi connectivity index (χ4v) is 4.88.